The van der Waals surface area contributed by atoms with Crippen LogP contribution in [0.15, 0.2) is 36.5 Å². The highest BCUT2D eigenvalue weighted by Crippen LogP contribution is 2.59. The first-order valence-corrected chi connectivity index (χ1v) is 8.75. The average molecular weight is 369 g/mol. The van der Waals surface area contributed by atoms with Crippen LogP contribution in [0.5, 0.6) is 0 Å². The van der Waals surface area contributed by atoms with Crippen LogP contribution in [-0.4, -0.2) is 29.3 Å². The number of anilines is 2. The largest absolute Gasteiger partial charge is 0.369 e. The van der Waals surface area contributed by atoms with Crippen LogP contribution >= 0.6 is 0 Å². The number of urea groups is 1. The van der Waals surface area contributed by atoms with Gasteiger partial charge in [0.05, 0.1) is 23.1 Å². The Balaban J connectivity index is 1.39. The molecule has 6 nitrogen and oxygen atoms in total. The molecule has 1 aliphatic carbocycles. The molecule has 3 aromatic rings. The first-order chi connectivity index (χ1) is 13.0. The second kappa shape index (κ2) is 5.67. The number of fused-ring (bicyclic) bond motifs is 2. The lowest BCUT2D eigenvalue weighted by molar-refractivity contribution is 0.259. The number of aromatic amines is 1. The molecule has 138 valence electrons. The quantitative estimate of drug-likeness (QED) is 0.663. The van der Waals surface area contributed by atoms with Gasteiger partial charge < -0.3 is 16.0 Å². The van der Waals surface area contributed by atoms with Crippen molar-refractivity contribution in [3.63, 3.8) is 0 Å². The normalized spacial score (nSPS) is 23.5. The Morgan fingerprint density at radius 3 is 2.70 bits per heavy atom. The highest BCUT2D eigenvalue weighted by atomic mass is 19.1. The van der Waals surface area contributed by atoms with E-state index in [2.05, 4.69) is 15.5 Å². The molecule has 2 aliphatic rings. The number of carbonyl (C=O) groups excluding carboxylic acids is 1. The molecule has 5 rings (SSSR count). The first-order valence-electron chi connectivity index (χ1n) is 8.75. The molecule has 2 amide bonds. The molecule has 1 saturated carbocycles. The third-order valence-electron chi connectivity index (χ3n) is 5.67. The molecule has 2 heterocycles. The summed E-state index contributed by atoms with van der Waals surface area (Å²) in [5, 5.41) is 10.4. The molecular weight excluding hydrogens is 352 g/mol. The Morgan fingerprint density at radius 2 is 2.00 bits per heavy atom. The van der Waals surface area contributed by atoms with Gasteiger partial charge in [-0.15, -0.1) is 0 Å². The summed E-state index contributed by atoms with van der Waals surface area (Å²) < 4.78 is 27.2. The third kappa shape index (κ3) is 2.59. The molecule has 1 aliphatic heterocycles. The number of nitrogens with one attached hydrogen (secondary N) is 2. The molecule has 1 unspecified atom stereocenters. The van der Waals surface area contributed by atoms with Gasteiger partial charge in [0.25, 0.3) is 0 Å². The molecule has 8 heteroatoms. The van der Waals surface area contributed by atoms with Crippen LogP contribution in [0, 0.1) is 23.5 Å². The summed E-state index contributed by atoms with van der Waals surface area (Å²) in [6.45, 7) is 1.44. The zero-order chi connectivity index (χ0) is 18.7. The highest BCUT2D eigenvalue weighted by Gasteiger charge is 2.56. The average Bonchev–Trinajstić information content (AvgIpc) is 2.98. The third-order valence-corrected chi connectivity index (χ3v) is 5.67. The van der Waals surface area contributed by atoms with E-state index in [1.54, 1.807) is 6.20 Å². The molecule has 0 spiro atoms. The summed E-state index contributed by atoms with van der Waals surface area (Å²) in [4.78, 5) is 13.3. The van der Waals surface area contributed by atoms with Gasteiger partial charge in [0.1, 0.15) is 11.6 Å². The SMILES string of the molecule is NC(=O)Nc1cc(C2[C@H]3CN(c4ccc(F)cc4F)C[C@@H]23)cc2[nH]ncc12. The lowest BCUT2D eigenvalue weighted by Gasteiger charge is -2.23. The number of carbonyl (C=O) groups is 1. The maximum absolute atomic E-state index is 14.0. The summed E-state index contributed by atoms with van der Waals surface area (Å²) in [5.41, 5.74) is 8.29. The number of hydrogen-bond donors (Lipinski definition) is 3. The zero-order valence-electron chi connectivity index (χ0n) is 14.2. The number of H-pyrrole nitrogens is 1. The number of amides is 2. The number of piperidine rings is 1. The Labute approximate surface area is 153 Å². The summed E-state index contributed by atoms with van der Waals surface area (Å²) in [7, 11) is 0. The van der Waals surface area contributed by atoms with Crippen molar-refractivity contribution in [3.8, 4) is 0 Å². The van der Waals surface area contributed by atoms with Crippen LogP contribution in [0.25, 0.3) is 10.9 Å². The molecule has 4 N–H and O–H groups in total. The summed E-state index contributed by atoms with van der Waals surface area (Å²) in [5.74, 6) is 0.0406. The lowest BCUT2D eigenvalue weighted by Crippen LogP contribution is -2.24. The van der Waals surface area contributed by atoms with E-state index >= 15 is 0 Å². The van der Waals surface area contributed by atoms with Crippen molar-refractivity contribution in [1.82, 2.24) is 10.2 Å². The smallest absolute Gasteiger partial charge is 0.316 e. The molecule has 2 aromatic carbocycles. The fourth-order valence-electron chi connectivity index (χ4n) is 4.46. The number of nitrogens with two attached hydrogens (primary N) is 1. The van der Waals surface area contributed by atoms with Gasteiger partial charge in [0.2, 0.25) is 0 Å². The van der Waals surface area contributed by atoms with E-state index in [0.717, 1.165) is 35.6 Å². The number of benzene rings is 2. The Hall–Kier alpha value is -3.16. The van der Waals surface area contributed by atoms with E-state index in [1.807, 2.05) is 17.0 Å². The van der Waals surface area contributed by atoms with Crippen molar-refractivity contribution in [2.24, 2.45) is 17.6 Å². The lowest BCUT2D eigenvalue weighted by atomic mass is 10.0. The van der Waals surface area contributed by atoms with Crippen LogP contribution in [0.1, 0.15) is 11.5 Å². The summed E-state index contributed by atoms with van der Waals surface area (Å²) >= 11 is 0. The molecule has 0 bridgehead atoms. The number of rotatable bonds is 3. The Kier molecular flexibility index (Phi) is 3.37. The van der Waals surface area contributed by atoms with Crippen molar-refractivity contribution in [3.05, 3.63) is 53.7 Å². The minimum atomic E-state index is -0.622. The Morgan fingerprint density at radius 1 is 1.22 bits per heavy atom. The Bertz CT molecular complexity index is 1050. The van der Waals surface area contributed by atoms with Gasteiger partial charge in [0.15, 0.2) is 0 Å². The summed E-state index contributed by atoms with van der Waals surface area (Å²) in [6, 6.07) is 7.06. The number of primary amides is 1. The number of aromatic nitrogens is 2. The van der Waals surface area contributed by atoms with Crippen molar-refractivity contribution in [2.45, 2.75) is 5.92 Å². The topological polar surface area (TPSA) is 87.0 Å². The van der Waals surface area contributed by atoms with E-state index in [-0.39, 0.29) is 0 Å². The standard InChI is InChI=1S/C19H17F2N5O/c20-10-1-2-17(14(21)5-10)26-7-12-13(8-26)18(12)9-3-15(24-19(22)27)11-6-23-25-16(11)4-9/h1-6,12-13,18H,7-8H2,(H,23,25)(H3,22,24,27)/t12-,13+,18?. The van der Waals surface area contributed by atoms with Gasteiger partial charge in [-0.2, -0.15) is 5.10 Å². The molecule has 3 atom stereocenters. The van der Waals surface area contributed by atoms with Crippen molar-refractivity contribution < 1.29 is 13.6 Å². The van der Waals surface area contributed by atoms with Crippen LogP contribution in [0.3, 0.4) is 0 Å². The predicted molar refractivity (Wildman–Crippen MR) is 97.6 cm³/mol. The van der Waals surface area contributed by atoms with E-state index in [9.17, 15) is 13.6 Å². The number of halogens is 2. The summed E-state index contributed by atoms with van der Waals surface area (Å²) in [6.07, 6.45) is 1.65. The monoisotopic (exact) mass is 369 g/mol. The van der Waals surface area contributed by atoms with Crippen LogP contribution < -0.4 is 16.0 Å². The van der Waals surface area contributed by atoms with E-state index < -0.39 is 17.7 Å². The number of hydrogen-bond acceptors (Lipinski definition) is 3. The fourth-order valence-corrected chi connectivity index (χ4v) is 4.46. The minimum absolute atomic E-state index is 0.339. The molecule has 27 heavy (non-hydrogen) atoms. The van der Waals surface area contributed by atoms with Crippen LogP contribution in [0.2, 0.25) is 0 Å². The van der Waals surface area contributed by atoms with E-state index in [4.69, 9.17) is 5.73 Å². The molecule has 1 aromatic heterocycles. The van der Waals surface area contributed by atoms with Gasteiger partial charge in [-0.1, -0.05) is 0 Å². The second-order valence-electron chi connectivity index (χ2n) is 7.24. The van der Waals surface area contributed by atoms with Crippen LogP contribution in [-0.2, 0) is 0 Å². The zero-order valence-corrected chi connectivity index (χ0v) is 14.2. The van der Waals surface area contributed by atoms with Gasteiger partial charge in [0, 0.05) is 24.5 Å². The number of nitrogens with zero attached hydrogens (tertiary/aromatic N) is 2. The molecule has 2 fully saturated rings. The van der Waals surface area contributed by atoms with Gasteiger partial charge in [-0.25, -0.2) is 13.6 Å². The van der Waals surface area contributed by atoms with Gasteiger partial charge >= 0.3 is 6.03 Å². The van der Waals surface area contributed by atoms with E-state index in [1.165, 1.54) is 12.1 Å². The maximum Gasteiger partial charge on any atom is 0.316 e. The predicted octanol–water partition coefficient (Wildman–Crippen LogP) is 3.18. The van der Waals surface area contributed by atoms with Crippen molar-refractivity contribution in [2.75, 3.05) is 23.3 Å². The second-order valence-corrected chi connectivity index (χ2v) is 7.24. The highest BCUT2D eigenvalue weighted by molar-refractivity contribution is 6.00. The minimum Gasteiger partial charge on any atom is -0.369 e. The fraction of sp³-hybridized carbons (Fsp3) is 0.263. The molecular formula is C19H17F2N5O. The maximum atomic E-state index is 14.0. The van der Waals surface area contributed by atoms with Crippen molar-refractivity contribution >= 4 is 28.3 Å². The van der Waals surface area contributed by atoms with Crippen LogP contribution in [0.4, 0.5) is 25.0 Å². The first kappa shape index (κ1) is 16.0. The van der Waals surface area contributed by atoms with Gasteiger partial charge in [-0.3, -0.25) is 5.10 Å². The van der Waals surface area contributed by atoms with Gasteiger partial charge in [-0.05, 0) is 47.6 Å². The molecule has 1 saturated heterocycles. The molecule has 0 radical (unpaired) electrons. The van der Waals surface area contributed by atoms with Crippen molar-refractivity contribution in [1.29, 1.82) is 0 Å². The van der Waals surface area contributed by atoms with E-state index in [0.29, 0.717) is 29.1 Å².